The number of nitrogens with zero attached hydrogens (tertiary/aromatic N) is 4. The molecule has 7 nitrogen and oxygen atoms in total. The van der Waals surface area contributed by atoms with Gasteiger partial charge in [0.15, 0.2) is 9.84 Å². The molecule has 0 radical (unpaired) electrons. The van der Waals surface area contributed by atoms with Gasteiger partial charge < -0.3 is 9.80 Å². The van der Waals surface area contributed by atoms with E-state index in [0.717, 1.165) is 30.8 Å². The third-order valence-corrected chi connectivity index (χ3v) is 6.59. The van der Waals surface area contributed by atoms with Crippen LogP contribution in [0, 0.1) is 0 Å². The maximum Gasteiger partial charge on any atom is 0.255 e. The zero-order chi connectivity index (χ0) is 18.9. The second-order valence-electron chi connectivity index (χ2n) is 7.07. The normalized spacial score (nSPS) is 18.9. The molecular weight excluding hydrogens is 364 g/mol. The van der Waals surface area contributed by atoms with Crippen LogP contribution in [0.15, 0.2) is 42.9 Å². The van der Waals surface area contributed by atoms with Crippen LogP contribution in [0.3, 0.4) is 0 Å². The number of hydrogen-bond donors (Lipinski definition) is 0. The Labute approximate surface area is 159 Å². The lowest BCUT2D eigenvalue weighted by atomic mass is 10.2. The predicted octanol–water partition coefficient (Wildman–Crippen LogP) is 1.52. The van der Waals surface area contributed by atoms with E-state index in [1.807, 2.05) is 24.4 Å². The highest BCUT2D eigenvalue weighted by molar-refractivity contribution is 7.91. The highest BCUT2D eigenvalue weighted by atomic mass is 32.2. The molecule has 0 atom stereocenters. The van der Waals surface area contributed by atoms with Crippen LogP contribution < -0.4 is 4.90 Å². The van der Waals surface area contributed by atoms with E-state index < -0.39 is 9.84 Å². The molecule has 0 aromatic carbocycles. The molecular formula is C19H22N4O3S. The number of rotatable bonds is 5. The Bertz CT molecular complexity index is 898. The van der Waals surface area contributed by atoms with Crippen molar-refractivity contribution in [1.82, 2.24) is 14.9 Å². The monoisotopic (exact) mass is 386 g/mol. The molecule has 0 spiro atoms. The van der Waals surface area contributed by atoms with Crippen LogP contribution in [-0.4, -0.2) is 59.8 Å². The SMILES string of the molecule is O=C(c1ccc(N(Cc2cccnc2)C2CC2)nc1)N1CCS(=O)(=O)CC1. The maximum absolute atomic E-state index is 12.6. The van der Waals surface area contributed by atoms with E-state index in [9.17, 15) is 13.2 Å². The van der Waals surface area contributed by atoms with Gasteiger partial charge in [0.2, 0.25) is 0 Å². The zero-order valence-electron chi connectivity index (χ0n) is 15.0. The highest BCUT2D eigenvalue weighted by Crippen LogP contribution is 2.32. The first-order chi connectivity index (χ1) is 13.0. The number of carbonyl (C=O) groups excluding carboxylic acids is 1. The minimum Gasteiger partial charge on any atom is -0.349 e. The second kappa shape index (κ2) is 7.26. The van der Waals surface area contributed by atoms with Crippen LogP contribution in [0.5, 0.6) is 0 Å². The van der Waals surface area contributed by atoms with Gasteiger partial charge in [-0.25, -0.2) is 13.4 Å². The average Bonchev–Trinajstić information content (AvgIpc) is 3.52. The molecule has 2 aliphatic rings. The summed E-state index contributed by atoms with van der Waals surface area (Å²) in [6, 6.07) is 8.11. The number of amides is 1. The van der Waals surface area contributed by atoms with Crippen molar-refractivity contribution in [2.75, 3.05) is 29.5 Å². The summed E-state index contributed by atoms with van der Waals surface area (Å²) in [4.78, 5) is 25.1. The van der Waals surface area contributed by atoms with Crippen LogP contribution in [0.4, 0.5) is 5.82 Å². The molecule has 27 heavy (non-hydrogen) atoms. The van der Waals surface area contributed by atoms with Crippen LogP contribution in [-0.2, 0) is 16.4 Å². The van der Waals surface area contributed by atoms with Crippen molar-refractivity contribution < 1.29 is 13.2 Å². The summed E-state index contributed by atoms with van der Waals surface area (Å²) in [7, 11) is -3.00. The van der Waals surface area contributed by atoms with E-state index in [-0.39, 0.29) is 30.5 Å². The first kappa shape index (κ1) is 17.9. The van der Waals surface area contributed by atoms with Crippen molar-refractivity contribution in [2.24, 2.45) is 0 Å². The van der Waals surface area contributed by atoms with E-state index in [4.69, 9.17) is 0 Å². The second-order valence-corrected chi connectivity index (χ2v) is 9.37. The van der Waals surface area contributed by atoms with Gasteiger partial charge in [0.05, 0.1) is 17.1 Å². The lowest BCUT2D eigenvalue weighted by Gasteiger charge is -2.27. The first-order valence-electron chi connectivity index (χ1n) is 9.13. The number of hydrogen-bond acceptors (Lipinski definition) is 6. The molecule has 3 heterocycles. The van der Waals surface area contributed by atoms with Crippen molar-refractivity contribution in [3.63, 3.8) is 0 Å². The molecule has 1 amide bonds. The fraction of sp³-hybridized carbons (Fsp3) is 0.421. The van der Waals surface area contributed by atoms with Gasteiger partial charge in [0.25, 0.3) is 5.91 Å². The third kappa shape index (κ3) is 4.27. The summed E-state index contributed by atoms with van der Waals surface area (Å²) >= 11 is 0. The van der Waals surface area contributed by atoms with Gasteiger partial charge in [-0.15, -0.1) is 0 Å². The van der Waals surface area contributed by atoms with Crippen molar-refractivity contribution in [2.45, 2.75) is 25.4 Å². The Hall–Kier alpha value is -2.48. The Balaban J connectivity index is 1.46. The van der Waals surface area contributed by atoms with Gasteiger partial charge in [-0.1, -0.05) is 6.07 Å². The van der Waals surface area contributed by atoms with Crippen molar-refractivity contribution in [3.8, 4) is 0 Å². The minimum absolute atomic E-state index is 0.0326. The molecule has 1 saturated carbocycles. The van der Waals surface area contributed by atoms with Gasteiger partial charge in [-0.2, -0.15) is 0 Å². The molecule has 1 aliphatic carbocycles. The molecule has 0 bridgehead atoms. The number of pyridine rings is 2. The van der Waals surface area contributed by atoms with Crippen LogP contribution in [0.25, 0.3) is 0 Å². The Kier molecular flexibility index (Phi) is 4.82. The number of carbonyl (C=O) groups is 1. The topological polar surface area (TPSA) is 83.5 Å². The largest absolute Gasteiger partial charge is 0.349 e. The molecule has 2 aromatic heterocycles. The molecule has 2 fully saturated rings. The molecule has 1 aliphatic heterocycles. The first-order valence-corrected chi connectivity index (χ1v) is 11.0. The standard InChI is InChI=1S/C19H22N4O3S/c24-19(22-8-10-27(25,26)11-9-22)16-3-6-18(21-13-16)23(17-4-5-17)14-15-2-1-7-20-12-15/h1-3,6-7,12-13,17H,4-5,8-11,14H2. The molecule has 1 saturated heterocycles. The minimum atomic E-state index is -3.00. The highest BCUT2D eigenvalue weighted by Gasteiger charge is 2.30. The smallest absolute Gasteiger partial charge is 0.255 e. The molecule has 4 rings (SSSR count). The summed E-state index contributed by atoms with van der Waals surface area (Å²) in [5.41, 5.74) is 1.62. The van der Waals surface area contributed by atoms with Crippen molar-refractivity contribution in [1.29, 1.82) is 0 Å². The quantitative estimate of drug-likeness (QED) is 0.775. The van der Waals surface area contributed by atoms with Crippen molar-refractivity contribution >= 4 is 21.6 Å². The fourth-order valence-corrected chi connectivity index (χ4v) is 4.45. The van der Waals surface area contributed by atoms with E-state index in [0.29, 0.717) is 11.6 Å². The zero-order valence-corrected chi connectivity index (χ0v) is 15.8. The Morgan fingerprint density at radius 1 is 1.15 bits per heavy atom. The van der Waals surface area contributed by atoms with Crippen molar-refractivity contribution in [3.05, 3.63) is 54.0 Å². The lowest BCUT2D eigenvalue weighted by molar-refractivity contribution is 0.0770. The van der Waals surface area contributed by atoms with Gasteiger partial charge in [0, 0.05) is 44.3 Å². The molecule has 0 N–H and O–H groups in total. The number of aromatic nitrogens is 2. The number of anilines is 1. The third-order valence-electron chi connectivity index (χ3n) is 4.98. The molecule has 142 valence electrons. The predicted molar refractivity (Wildman–Crippen MR) is 102 cm³/mol. The van der Waals surface area contributed by atoms with Gasteiger partial charge >= 0.3 is 0 Å². The van der Waals surface area contributed by atoms with Crippen LogP contribution in [0.1, 0.15) is 28.8 Å². The average molecular weight is 386 g/mol. The summed E-state index contributed by atoms with van der Waals surface area (Å²) < 4.78 is 23.1. The van der Waals surface area contributed by atoms with Gasteiger partial charge in [-0.3, -0.25) is 9.78 Å². The fourth-order valence-electron chi connectivity index (χ4n) is 3.25. The summed E-state index contributed by atoms with van der Waals surface area (Å²) in [6.07, 6.45) is 7.50. The van der Waals surface area contributed by atoms with Crippen LogP contribution >= 0.6 is 0 Å². The van der Waals surface area contributed by atoms with Crippen LogP contribution in [0.2, 0.25) is 0 Å². The summed E-state index contributed by atoms with van der Waals surface area (Å²) in [5.74, 6) is 0.753. The van der Waals surface area contributed by atoms with Gasteiger partial charge in [-0.05, 0) is 36.6 Å². The number of sulfone groups is 1. The Morgan fingerprint density at radius 3 is 2.52 bits per heavy atom. The summed E-state index contributed by atoms with van der Waals surface area (Å²) in [5, 5.41) is 0. The van der Waals surface area contributed by atoms with E-state index in [2.05, 4.69) is 14.9 Å². The molecule has 0 unspecified atom stereocenters. The van der Waals surface area contributed by atoms with E-state index in [1.165, 1.54) is 0 Å². The van der Waals surface area contributed by atoms with E-state index >= 15 is 0 Å². The maximum atomic E-state index is 12.6. The van der Waals surface area contributed by atoms with Gasteiger partial charge in [0.1, 0.15) is 5.82 Å². The molecule has 8 heteroatoms. The Morgan fingerprint density at radius 2 is 1.93 bits per heavy atom. The van der Waals surface area contributed by atoms with E-state index in [1.54, 1.807) is 23.4 Å². The molecule has 2 aromatic rings. The lowest BCUT2D eigenvalue weighted by Crippen LogP contribution is -2.43. The summed E-state index contributed by atoms with van der Waals surface area (Å²) in [6.45, 7) is 1.24.